The Bertz CT molecular complexity index is 467. The van der Waals surface area contributed by atoms with Crippen LogP contribution in [0.4, 0.5) is 0 Å². The van der Waals surface area contributed by atoms with Crippen LogP contribution in [0.1, 0.15) is 56.0 Å². The second-order valence-electron chi connectivity index (χ2n) is 6.82. The van der Waals surface area contributed by atoms with Gasteiger partial charge in [0.1, 0.15) is 0 Å². The van der Waals surface area contributed by atoms with Crippen LogP contribution in [-0.2, 0) is 6.54 Å². The van der Waals surface area contributed by atoms with Crippen LogP contribution in [-0.4, -0.2) is 17.1 Å². The van der Waals surface area contributed by atoms with Crippen molar-refractivity contribution in [2.75, 3.05) is 0 Å². The van der Waals surface area contributed by atoms with Crippen molar-refractivity contribution in [3.63, 3.8) is 0 Å². The Morgan fingerprint density at radius 3 is 2.52 bits per heavy atom. The fourth-order valence-electron chi connectivity index (χ4n) is 3.45. The van der Waals surface area contributed by atoms with Crippen molar-refractivity contribution in [3.05, 3.63) is 35.4 Å². The summed E-state index contributed by atoms with van der Waals surface area (Å²) in [6.07, 6.45) is 3.90. The van der Waals surface area contributed by atoms with Crippen LogP contribution in [0.2, 0.25) is 0 Å². The smallest absolute Gasteiger partial charge is 0.335 e. The van der Waals surface area contributed by atoms with Crippen LogP contribution in [0.15, 0.2) is 24.3 Å². The maximum absolute atomic E-state index is 10.9. The summed E-state index contributed by atoms with van der Waals surface area (Å²) in [6.45, 7) is 7.79. The van der Waals surface area contributed by atoms with E-state index in [0.717, 1.165) is 23.9 Å². The second-order valence-corrected chi connectivity index (χ2v) is 6.82. The Morgan fingerprint density at radius 1 is 1.29 bits per heavy atom. The minimum atomic E-state index is -0.865. The van der Waals surface area contributed by atoms with Gasteiger partial charge >= 0.3 is 5.97 Å². The van der Waals surface area contributed by atoms with E-state index in [0.29, 0.717) is 17.5 Å². The van der Waals surface area contributed by atoms with Gasteiger partial charge < -0.3 is 10.4 Å². The summed E-state index contributed by atoms with van der Waals surface area (Å²) in [5.41, 5.74) is 1.51. The molecule has 3 atom stereocenters. The predicted octanol–water partition coefficient (Wildman–Crippen LogP) is 3.94. The minimum absolute atomic E-state index is 0.352. The van der Waals surface area contributed by atoms with Crippen LogP contribution >= 0.6 is 0 Å². The fourth-order valence-corrected chi connectivity index (χ4v) is 3.45. The molecule has 1 aromatic carbocycles. The predicted molar refractivity (Wildman–Crippen MR) is 85.4 cm³/mol. The highest BCUT2D eigenvalue weighted by Gasteiger charge is 2.30. The lowest BCUT2D eigenvalue weighted by molar-refractivity contribution is 0.0697. The zero-order valence-electron chi connectivity index (χ0n) is 13.3. The number of aromatic carboxylic acids is 1. The number of carboxylic acids is 1. The maximum atomic E-state index is 10.9. The first-order valence-corrected chi connectivity index (χ1v) is 8.03. The first kappa shape index (κ1) is 16.0. The number of hydrogen-bond donors (Lipinski definition) is 2. The van der Waals surface area contributed by atoms with Gasteiger partial charge in [-0.25, -0.2) is 4.79 Å². The number of carboxylic acid groups (broad SMARTS) is 1. The van der Waals surface area contributed by atoms with Gasteiger partial charge in [-0.05, 0) is 48.3 Å². The number of benzene rings is 1. The molecule has 1 saturated carbocycles. The van der Waals surface area contributed by atoms with Gasteiger partial charge in [-0.2, -0.15) is 0 Å². The van der Waals surface area contributed by atoms with Gasteiger partial charge in [0.2, 0.25) is 0 Å². The Morgan fingerprint density at radius 2 is 1.95 bits per heavy atom. The van der Waals surface area contributed by atoms with Gasteiger partial charge in [-0.3, -0.25) is 0 Å². The van der Waals surface area contributed by atoms with Crippen molar-refractivity contribution in [1.82, 2.24) is 5.32 Å². The van der Waals surface area contributed by atoms with E-state index in [2.05, 4.69) is 26.1 Å². The van der Waals surface area contributed by atoms with Crippen molar-refractivity contribution in [2.45, 2.75) is 52.6 Å². The molecule has 0 spiro atoms. The molecule has 0 aliphatic heterocycles. The summed E-state index contributed by atoms with van der Waals surface area (Å²) >= 11 is 0. The molecule has 116 valence electrons. The van der Waals surface area contributed by atoms with Gasteiger partial charge in [0.25, 0.3) is 0 Å². The summed E-state index contributed by atoms with van der Waals surface area (Å²) in [4.78, 5) is 10.9. The second kappa shape index (κ2) is 7.08. The molecule has 1 aliphatic rings. The van der Waals surface area contributed by atoms with Crippen molar-refractivity contribution >= 4 is 5.97 Å². The van der Waals surface area contributed by atoms with Gasteiger partial charge in [0.15, 0.2) is 0 Å². The van der Waals surface area contributed by atoms with E-state index < -0.39 is 5.97 Å². The molecule has 3 nitrogen and oxygen atoms in total. The van der Waals surface area contributed by atoms with Crippen LogP contribution in [0.3, 0.4) is 0 Å². The normalized spacial score (nSPS) is 26.0. The number of nitrogens with one attached hydrogen (secondary N) is 1. The average molecular weight is 289 g/mol. The van der Waals surface area contributed by atoms with Gasteiger partial charge in [-0.1, -0.05) is 39.3 Å². The third-order valence-corrected chi connectivity index (χ3v) is 4.79. The van der Waals surface area contributed by atoms with Crippen molar-refractivity contribution in [2.24, 2.45) is 17.8 Å². The zero-order chi connectivity index (χ0) is 15.4. The molecular formula is C18H27NO2. The molecule has 3 heteroatoms. The summed E-state index contributed by atoms with van der Waals surface area (Å²) in [5.74, 6) is 1.39. The molecule has 21 heavy (non-hydrogen) atoms. The van der Waals surface area contributed by atoms with E-state index in [1.807, 2.05) is 12.1 Å². The summed E-state index contributed by atoms with van der Waals surface area (Å²) in [5, 5.41) is 12.6. The van der Waals surface area contributed by atoms with Crippen molar-refractivity contribution < 1.29 is 9.90 Å². The molecule has 0 radical (unpaired) electrons. The molecule has 0 bridgehead atoms. The highest BCUT2D eigenvalue weighted by atomic mass is 16.4. The van der Waals surface area contributed by atoms with E-state index in [1.54, 1.807) is 12.1 Å². The first-order valence-electron chi connectivity index (χ1n) is 8.03. The Labute approximate surface area is 127 Å². The van der Waals surface area contributed by atoms with Gasteiger partial charge in [-0.15, -0.1) is 0 Å². The van der Waals surface area contributed by atoms with Crippen molar-refractivity contribution in [3.8, 4) is 0 Å². The quantitative estimate of drug-likeness (QED) is 0.863. The summed E-state index contributed by atoms with van der Waals surface area (Å²) in [7, 11) is 0. The Kier molecular flexibility index (Phi) is 5.40. The Balaban J connectivity index is 1.95. The van der Waals surface area contributed by atoms with Gasteiger partial charge in [0, 0.05) is 12.6 Å². The SMILES string of the molecule is CC1CCC(C(C)C)C(NCc2ccc(C(=O)O)cc2)C1. The third-order valence-electron chi connectivity index (χ3n) is 4.79. The largest absolute Gasteiger partial charge is 0.478 e. The molecular weight excluding hydrogens is 262 g/mol. The highest BCUT2D eigenvalue weighted by Crippen LogP contribution is 2.33. The maximum Gasteiger partial charge on any atom is 0.335 e. The molecule has 2 N–H and O–H groups in total. The summed E-state index contributed by atoms with van der Waals surface area (Å²) < 4.78 is 0. The van der Waals surface area contributed by atoms with Crippen LogP contribution < -0.4 is 5.32 Å². The van der Waals surface area contributed by atoms with E-state index in [9.17, 15) is 4.79 Å². The van der Waals surface area contributed by atoms with Crippen molar-refractivity contribution in [1.29, 1.82) is 0 Å². The number of hydrogen-bond acceptors (Lipinski definition) is 2. The lowest BCUT2D eigenvalue weighted by atomic mass is 9.74. The molecule has 0 amide bonds. The molecule has 1 fully saturated rings. The minimum Gasteiger partial charge on any atom is -0.478 e. The van der Waals surface area contributed by atoms with E-state index in [1.165, 1.54) is 19.3 Å². The molecule has 0 heterocycles. The van der Waals surface area contributed by atoms with E-state index >= 15 is 0 Å². The molecule has 1 aromatic rings. The van der Waals surface area contributed by atoms with Gasteiger partial charge in [0.05, 0.1) is 5.56 Å². The molecule has 3 unspecified atom stereocenters. The first-order chi connectivity index (χ1) is 9.97. The lowest BCUT2D eigenvalue weighted by Crippen LogP contribution is -2.42. The van der Waals surface area contributed by atoms with Crippen LogP contribution in [0, 0.1) is 17.8 Å². The molecule has 0 saturated heterocycles. The fraction of sp³-hybridized carbons (Fsp3) is 0.611. The average Bonchev–Trinajstić information content (AvgIpc) is 2.45. The van der Waals surface area contributed by atoms with E-state index in [-0.39, 0.29) is 0 Å². The Hall–Kier alpha value is -1.35. The third kappa shape index (κ3) is 4.31. The lowest BCUT2D eigenvalue weighted by Gasteiger charge is -2.38. The topological polar surface area (TPSA) is 49.3 Å². The molecule has 2 rings (SSSR count). The van der Waals surface area contributed by atoms with E-state index in [4.69, 9.17) is 5.11 Å². The number of carbonyl (C=O) groups is 1. The standard InChI is InChI=1S/C18H27NO2/c1-12(2)16-9-4-13(3)10-17(16)19-11-14-5-7-15(8-6-14)18(20)21/h5-8,12-13,16-17,19H,4,9-11H2,1-3H3,(H,20,21). The van der Waals surface area contributed by atoms with Crippen LogP contribution in [0.5, 0.6) is 0 Å². The molecule has 0 aromatic heterocycles. The highest BCUT2D eigenvalue weighted by molar-refractivity contribution is 5.87. The number of rotatable bonds is 5. The van der Waals surface area contributed by atoms with Crippen LogP contribution in [0.25, 0.3) is 0 Å². The summed E-state index contributed by atoms with van der Waals surface area (Å²) in [6, 6.07) is 7.76. The molecule has 1 aliphatic carbocycles. The monoisotopic (exact) mass is 289 g/mol. The zero-order valence-corrected chi connectivity index (χ0v) is 13.3.